The highest BCUT2D eigenvalue weighted by Crippen LogP contribution is 2.16. The van der Waals surface area contributed by atoms with E-state index in [1.54, 1.807) is 6.08 Å². The van der Waals surface area contributed by atoms with Crippen LogP contribution in [0.4, 0.5) is 0 Å². The van der Waals surface area contributed by atoms with E-state index in [1.807, 2.05) is 6.08 Å². The lowest BCUT2D eigenvalue weighted by atomic mass is 10.0. The van der Waals surface area contributed by atoms with Crippen LogP contribution in [0.1, 0.15) is 277 Å². The van der Waals surface area contributed by atoms with Crippen molar-refractivity contribution in [3.05, 3.63) is 36.5 Å². The van der Waals surface area contributed by atoms with E-state index in [9.17, 15) is 19.8 Å². The van der Waals surface area contributed by atoms with Crippen molar-refractivity contribution in [3.63, 3.8) is 0 Å². The number of rotatable bonds is 49. The molecule has 0 saturated carbocycles. The molecule has 0 aromatic heterocycles. The Hall–Kier alpha value is -1.92. The summed E-state index contributed by atoms with van der Waals surface area (Å²) in [4.78, 5) is 24.5. The number of esters is 1. The average molecular weight is 858 g/mol. The Morgan fingerprint density at radius 1 is 0.459 bits per heavy atom. The zero-order valence-electron chi connectivity index (χ0n) is 40.6. The minimum atomic E-state index is -0.854. The fraction of sp³-hybridized carbons (Fsp3) is 0.855. The van der Waals surface area contributed by atoms with E-state index in [4.69, 9.17) is 4.74 Å². The molecule has 0 fully saturated rings. The van der Waals surface area contributed by atoms with E-state index < -0.39 is 12.1 Å². The number of hydrogen-bond donors (Lipinski definition) is 3. The Morgan fingerprint density at radius 3 is 1.31 bits per heavy atom. The van der Waals surface area contributed by atoms with Gasteiger partial charge in [0.2, 0.25) is 5.91 Å². The van der Waals surface area contributed by atoms with Gasteiger partial charge in [0.15, 0.2) is 0 Å². The molecular formula is C55H103NO5. The molecule has 0 aromatic carbocycles. The van der Waals surface area contributed by atoms with E-state index in [0.717, 1.165) is 70.6 Å². The Bertz CT molecular complexity index is 993. The SMILES string of the molecule is CCC/C=C\C/C=C\CCCCCCCC(=O)OCCCCCCCCCCCCCCCC(=O)NC(CO)C(O)/C=C/CCCCCCCCCCCCCCCCCC. The van der Waals surface area contributed by atoms with Gasteiger partial charge in [-0.1, -0.05) is 243 Å². The van der Waals surface area contributed by atoms with Crippen LogP contribution in [-0.4, -0.2) is 47.4 Å². The molecule has 2 atom stereocenters. The van der Waals surface area contributed by atoms with Gasteiger partial charge in [-0.2, -0.15) is 0 Å². The second-order valence-electron chi connectivity index (χ2n) is 18.2. The number of ether oxygens (including phenoxy) is 1. The van der Waals surface area contributed by atoms with E-state index >= 15 is 0 Å². The summed E-state index contributed by atoms with van der Waals surface area (Å²) in [6, 6.07) is -0.639. The van der Waals surface area contributed by atoms with Gasteiger partial charge in [-0.05, 0) is 57.8 Å². The Labute approximate surface area is 379 Å². The van der Waals surface area contributed by atoms with Gasteiger partial charge in [0.1, 0.15) is 0 Å². The third-order valence-corrected chi connectivity index (χ3v) is 12.1. The molecule has 1 amide bonds. The minimum Gasteiger partial charge on any atom is -0.466 e. The largest absolute Gasteiger partial charge is 0.466 e. The smallest absolute Gasteiger partial charge is 0.305 e. The summed E-state index contributed by atoms with van der Waals surface area (Å²) in [6.07, 6.45) is 61.4. The predicted octanol–water partition coefficient (Wildman–Crippen LogP) is 16.1. The predicted molar refractivity (Wildman–Crippen MR) is 264 cm³/mol. The zero-order chi connectivity index (χ0) is 44.4. The third-order valence-electron chi connectivity index (χ3n) is 12.1. The van der Waals surface area contributed by atoms with Crippen molar-refractivity contribution in [1.29, 1.82) is 0 Å². The lowest BCUT2D eigenvalue weighted by Gasteiger charge is -2.20. The third kappa shape index (κ3) is 47.4. The zero-order valence-corrected chi connectivity index (χ0v) is 40.6. The number of allylic oxidation sites excluding steroid dienone is 5. The minimum absolute atomic E-state index is 0.0224. The molecule has 0 aliphatic heterocycles. The number of amides is 1. The maximum absolute atomic E-state index is 12.4. The molecule has 2 unspecified atom stereocenters. The van der Waals surface area contributed by atoms with Crippen molar-refractivity contribution in [2.24, 2.45) is 0 Å². The van der Waals surface area contributed by atoms with Crippen LogP contribution in [0.5, 0.6) is 0 Å². The fourth-order valence-corrected chi connectivity index (χ4v) is 8.02. The van der Waals surface area contributed by atoms with Crippen molar-refractivity contribution in [1.82, 2.24) is 5.32 Å². The first-order valence-corrected chi connectivity index (χ1v) is 26.8. The molecule has 3 N–H and O–H groups in total. The molecule has 0 saturated heterocycles. The van der Waals surface area contributed by atoms with Gasteiger partial charge in [0.25, 0.3) is 0 Å². The van der Waals surface area contributed by atoms with Gasteiger partial charge in [-0.3, -0.25) is 9.59 Å². The van der Waals surface area contributed by atoms with Crippen LogP contribution in [0.25, 0.3) is 0 Å². The van der Waals surface area contributed by atoms with Crippen LogP contribution in [0.3, 0.4) is 0 Å². The van der Waals surface area contributed by atoms with Gasteiger partial charge < -0.3 is 20.3 Å². The van der Waals surface area contributed by atoms with Gasteiger partial charge in [-0.15, -0.1) is 0 Å². The average Bonchev–Trinajstić information content (AvgIpc) is 3.26. The second kappa shape index (κ2) is 50.7. The first-order valence-electron chi connectivity index (χ1n) is 26.8. The molecule has 0 heterocycles. The van der Waals surface area contributed by atoms with Crippen molar-refractivity contribution < 1.29 is 24.5 Å². The van der Waals surface area contributed by atoms with Crippen LogP contribution < -0.4 is 5.32 Å². The Balaban J connectivity index is 3.51. The van der Waals surface area contributed by atoms with E-state index in [-0.39, 0.29) is 18.5 Å². The summed E-state index contributed by atoms with van der Waals surface area (Å²) in [5.41, 5.74) is 0. The maximum Gasteiger partial charge on any atom is 0.305 e. The Kier molecular flexibility index (Phi) is 49.1. The molecule has 0 rings (SSSR count). The number of hydrogen-bond acceptors (Lipinski definition) is 5. The van der Waals surface area contributed by atoms with Gasteiger partial charge >= 0.3 is 5.97 Å². The standard InChI is InChI=1S/C55H103NO5/c1-3-5-7-9-11-13-15-17-18-19-20-21-24-27-31-35-39-43-47-53(58)52(51-57)56-54(59)48-44-40-36-32-28-25-22-26-30-34-38-42-46-50-61-55(60)49-45-41-37-33-29-23-16-14-12-10-8-6-4-2/h8,10,14,16,43,47,52-53,57-58H,3-7,9,11-13,15,17-42,44-46,48-51H2,1-2H3,(H,56,59)/b10-8-,16-14-,47-43+. The molecule has 0 radical (unpaired) electrons. The van der Waals surface area contributed by atoms with Gasteiger partial charge in [0.05, 0.1) is 25.4 Å². The van der Waals surface area contributed by atoms with E-state index in [1.165, 1.54) is 180 Å². The second-order valence-corrected chi connectivity index (χ2v) is 18.2. The van der Waals surface area contributed by atoms with Crippen LogP contribution in [0.2, 0.25) is 0 Å². The maximum atomic E-state index is 12.4. The summed E-state index contributed by atoms with van der Waals surface area (Å²) in [5.74, 6) is -0.103. The molecular weight excluding hydrogens is 755 g/mol. The topological polar surface area (TPSA) is 95.9 Å². The summed E-state index contributed by atoms with van der Waals surface area (Å²) >= 11 is 0. The molecule has 0 aromatic rings. The molecule has 0 aliphatic rings. The number of aliphatic hydroxyl groups excluding tert-OH is 2. The lowest BCUT2D eigenvalue weighted by molar-refractivity contribution is -0.143. The molecule has 358 valence electrons. The molecule has 0 aliphatic carbocycles. The molecule has 6 nitrogen and oxygen atoms in total. The van der Waals surface area contributed by atoms with Crippen LogP contribution in [0.15, 0.2) is 36.5 Å². The first-order chi connectivity index (χ1) is 30.0. The number of aliphatic hydroxyl groups is 2. The van der Waals surface area contributed by atoms with E-state index in [2.05, 4.69) is 43.5 Å². The van der Waals surface area contributed by atoms with Crippen LogP contribution in [-0.2, 0) is 14.3 Å². The lowest BCUT2D eigenvalue weighted by Crippen LogP contribution is -2.45. The van der Waals surface area contributed by atoms with E-state index in [0.29, 0.717) is 19.4 Å². The van der Waals surface area contributed by atoms with Crippen molar-refractivity contribution in [3.8, 4) is 0 Å². The molecule has 61 heavy (non-hydrogen) atoms. The summed E-state index contributed by atoms with van der Waals surface area (Å²) in [6.45, 7) is 4.81. The normalized spacial score (nSPS) is 12.9. The highest BCUT2D eigenvalue weighted by molar-refractivity contribution is 5.76. The van der Waals surface area contributed by atoms with Crippen LogP contribution in [0, 0.1) is 0 Å². The van der Waals surface area contributed by atoms with Crippen molar-refractivity contribution in [2.75, 3.05) is 13.2 Å². The number of carbonyl (C=O) groups is 2. The Morgan fingerprint density at radius 2 is 0.852 bits per heavy atom. The quantitative estimate of drug-likeness (QED) is 0.0322. The number of carbonyl (C=O) groups excluding carboxylic acids is 2. The van der Waals surface area contributed by atoms with Crippen LogP contribution >= 0.6 is 0 Å². The molecule has 6 heteroatoms. The van der Waals surface area contributed by atoms with Crippen molar-refractivity contribution >= 4 is 11.9 Å². The van der Waals surface area contributed by atoms with Gasteiger partial charge in [-0.25, -0.2) is 0 Å². The summed E-state index contributed by atoms with van der Waals surface area (Å²) in [5, 5.41) is 23.1. The van der Waals surface area contributed by atoms with Gasteiger partial charge in [0, 0.05) is 12.8 Å². The molecule has 0 spiro atoms. The van der Waals surface area contributed by atoms with Crippen molar-refractivity contribution in [2.45, 2.75) is 289 Å². The summed E-state index contributed by atoms with van der Waals surface area (Å²) in [7, 11) is 0. The number of unbranched alkanes of at least 4 members (excludes halogenated alkanes) is 34. The fourth-order valence-electron chi connectivity index (χ4n) is 8.02. The molecule has 0 bridgehead atoms. The summed E-state index contributed by atoms with van der Waals surface area (Å²) < 4.78 is 5.45. The number of nitrogens with one attached hydrogen (secondary N) is 1. The highest BCUT2D eigenvalue weighted by Gasteiger charge is 2.18. The highest BCUT2D eigenvalue weighted by atomic mass is 16.5. The first kappa shape index (κ1) is 59.1. The monoisotopic (exact) mass is 858 g/mol.